The lowest BCUT2D eigenvalue weighted by Crippen LogP contribution is -2.25. The highest BCUT2D eigenvalue weighted by molar-refractivity contribution is 5.92. The third-order valence-corrected chi connectivity index (χ3v) is 5.17. The number of ether oxygens (including phenoxy) is 1. The Balaban J connectivity index is 1.51. The molecular weight excluding hydrogens is 488 g/mol. The molecule has 4 rings (SSSR count). The lowest BCUT2D eigenvalue weighted by atomic mass is 10.1. The fourth-order valence-corrected chi connectivity index (χ4v) is 3.35. The highest BCUT2D eigenvalue weighted by atomic mass is 16.5. The molecular formula is C25H18N2O10. The Bertz CT molecular complexity index is 1620. The molecule has 3 aromatic carbocycles. The highest BCUT2D eigenvalue weighted by Crippen LogP contribution is 2.37. The normalized spacial score (nSPS) is 11.0. The van der Waals surface area contributed by atoms with Crippen LogP contribution in [0.5, 0.6) is 34.5 Å². The van der Waals surface area contributed by atoms with Crippen LogP contribution in [0.25, 0.3) is 28.4 Å². The van der Waals surface area contributed by atoms with E-state index in [1.165, 1.54) is 36.4 Å². The van der Waals surface area contributed by atoms with Crippen LogP contribution in [-0.4, -0.2) is 38.2 Å². The van der Waals surface area contributed by atoms with Crippen LogP contribution in [0.2, 0.25) is 0 Å². The molecule has 4 aromatic rings. The predicted molar refractivity (Wildman–Crippen MR) is 131 cm³/mol. The lowest BCUT2D eigenvalue weighted by Gasteiger charge is -2.11. The van der Waals surface area contributed by atoms with E-state index >= 15 is 0 Å². The molecule has 0 spiro atoms. The molecule has 0 atom stereocenters. The second kappa shape index (κ2) is 10.00. The molecule has 0 aliphatic rings. The number of hydrogen-bond donors (Lipinski definition) is 6. The summed E-state index contributed by atoms with van der Waals surface area (Å²) in [5.41, 5.74) is -0.694. The predicted octanol–water partition coefficient (Wildman–Crippen LogP) is 3.55. The average molecular weight is 506 g/mol. The van der Waals surface area contributed by atoms with Crippen LogP contribution in [0.3, 0.4) is 0 Å². The van der Waals surface area contributed by atoms with E-state index in [2.05, 4.69) is 10.5 Å². The molecule has 0 saturated heterocycles. The second-order valence-electron chi connectivity index (χ2n) is 7.63. The first kappa shape index (κ1) is 24.6. The first-order chi connectivity index (χ1) is 17.7. The van der Waals surface area contributed by atoms with E-state index < -0.39 is 34.3 Å². The van der Waals surface area contributed by atoms with Gasteiger partial charge in [-0.25, -0.2) is 0 Å². The SMILES string of the molecule is O=Nc1ccc(/C=C/C(=O)NCOc2cc(O)c3c(=O)c(O)c(-c4ccc(O)c(O)c4)oc3c2)cc1O. The lowest BCUT2D eigenvalue weighted by molar-refractivity contribution is -0.117. The summed E-state index contributed by atoms with van der Waals surface area (Å²) in [6.07, 6.45) is 2.54. The molecule has 1 heterocycles. The molecule has 0 unspecified atom stereocenters. The zero-order chi connectivity index (χ0) is 26.7. The summed E-state index contributed by atoms with van der Waals surface area (Å²) in [4.78, 5) is 35.2. The number of amides is 1. The number of phenolic OH excluding ortho intramolecular Hbond substituents is 4. The number of nitroso groups, excluding NO2 is 1. The smallest absolute Gasteiger partial charge is 0.246 e. The van der Waals surface area contributed by atoms with Crippen molar-refractivity contribution in [1.29, 1.82) is 0 Å². The van der Waals surface area contributed by atoms with Crippen LogP contribution < -0.4 is 15.5 Å². The van der Waals surface area contributed by atoms with Crippen LogP contribution in [0, 0.1) is 4.91 Å². The number of carbonyl (C=O) groups excluding carboxylic acids is 1. The fourth-order valence-electron chi connectivity index (χ4n) is 3.35. The van der Waals surface area contributed by atoms with Crippen molar-refractivity contribution in [3.05, 3.63) is 75.3 Å². The number of fused-ring (bicyclic) bond motifs is 1. The number of benzene rings is 3. The van der Waals surface area contributed by atoms with Gasteiger partial charge in [0.1, 0.15) is 33.9 Å². The van der Waals surface area contributed by atoms with Gasteiger partial charge in [0.25, 0.3) is 0 Å². The Morgan fingerprint density at radius 3 is 2.43 bits per heavy atom. The minimum Gasteiger partial charge on any atom is -0.507 e. The van der Waals surface area contributed by atoms with Gasteiger partial charge in [0.05, 0.1) is 0 Å². The first-order valence-electron chi connectivity index (χ1n) is 10.5. The maximum absolute atomic E-state index is 12.6. The van der Waals surface area contributed by atoms with Gasteiger partial charge in [0, 0.05) is 23.8 Å². The van der Waals surface area contributed by atoms with E-state index in [9.17, 15) is 40.0 Å². The van der Waals surface area contributed by atoms with Crippen LogP contribution in [-0.2, 0) is 4.79 Å². The number of carbonyl (C=O) groups is 1. The van der Waals surface area contributed by atoms with Gasteiger partial charge in [0.15, 0.2) is 24.0 Å². The summed E-state index contributed by atoms with van der Waals surface area (Å²) >= 11 is 0. The van der Waals surface area contributed by atoms with Crippen LogP contribution >= 0.6 is 0 Å². The Morgan fingerprint density at radius 2 is 1.73 bits per heavy atom. The van der Waals surface area contributed by atoms with E-state index in [1.54, 1.807) is 0 Å². The molecule has 12 nitrogen and oxygen atoms in total. The summed E-state index contributed by atoms with van der Waals surface area (Å²) in [6, 6.07) is 9.91. The maximum atomic E-state index is 12.6. The molecule has 37 heavy (non-hydrogen) atoms. The van der Waals surface area contributed by atoms with Gasteiger partial charge in [-0.2, -0.15) is 0 Å². The molecule has 0 fully saturated rings. The van der Waals surface area contributed by atoms with Crippen LogP contribution in [0.15, 0.2) is 69.0 Å². The standard InChI is InChI=1S/C25H18N2O10/c28-16-5-3-13(8-18(16)30)25-24(34)23(33)22-19(31)9-14(10-20(22)37-25)36-11-26-21(32)6-2-12-1-4-15(27-35)17(29)7-12/h1-10,28-31,34H,11H2,(H,26,32)/b6-2+. The van der Waals surface area contributed by atoms with Crippen molar-refractivity contribution in [3.63, 3.8) is 0 Å². The van der Waals surface area contributed by atoms with E-state index in [-0.39, 0.29) is 46.2 Å². The summed E-state index contributed by atoms with van der Waals surface area (Å²) < 4.78 is 11.0. The maximum Gasteiger partial charge on any atom is 0.246 e. The molecule has 12 heteroatoms. The van der Waals surface area contributed by atoms with E-state index in [4.69, 9.17) is 9.15 Å². The summed E-state index contributed by atoms with van der Waals surface area (Å²) in [7, 11) is 0. The van der Waals surface area contributed by atoms with Gasteiger partial charge < -0.3 is 40.0 Å². The molecule has 188 valence electrons. The number of rotatable bonds is 7. The zero-order valence-corrected chi connectivity index (χ0v) is 18.7. The van der Waals surface area contributed by atoms with Gasteiger partial charge in [-0.05, 0) is 47.1 Å². The van der Waals surface area contributed by atoms with Crippen molar-refractivity contribution in [3.8, 4) is 45.8 Å². The number of phenols is 4. The molecule has 1 amide bonds. The Kier molecular flexibility index (Phi) is 6.65. The van der Waals surface area contributed by atoms with Crippen molar-refractivity contribution in [2.75, 3.05) is 6.73 Å². The molecule has 0 aliphatic heterocycles. The van der Waals surface area contributed by atoms with Crippen molar-refractivity contribution < 1.29 is 39.5 Å². The third-order valence-electron chi connectivity index (χ3n) is 5.17. The Hall–Kier alpha value is -5.52. The Labute approximate surface area is 206 Å². The molecule has 1 aromatic heterocycles. The fraction of sp³-hybridized carbons (Fsp3) is 0.0400. The molecule has 0 aliphatic carbocycles. The van der Waals surface area contributed by atoms with Gasteiger partial charge in [-0.1, -0.05) is 6.07 Å². The molecule has 0 saturated carbocycles. The minimum atomic E-state index is -0.936. The van der Waals surface area contributed by atoms with Gasteiger partial charge in [-0.15, -0.1) is 4.91 Å². The molecule has 6 N–H and O–H groups in total. The van der Waals surface area contributed by atoms with Crippen LogP contribution in [0.1, 0.15) is 5.56 Å². The topological polar surface area (TPSA) is 199 Å². The first-order valence-corrected chi connectivity index (χ1v) is 10.5. The highest BCUT2D eigenvalue weighted by Gasteiger charge is 2.20. The van der Waals surface area contributed by atoms with Gasteiger partial charge in [0.2, 0.25) is 17.1 Å². The van der Waals surface area contributed by atoms with Crippen LogP contribution in [0.4, 0.5) is 5.69 Å². The van der Waals surface area contributed by atoms with Crippen molar-refractivity contribution in [1.82, 2.24) is 5.32 Å². The van der Waals surface area contributed by atoms with Crippen molar-refractivity contribution in [2.45, 2.75) is 0 Å². The Morgan fingerprint density at radius 1 is 0.946 bits per heavy atom. The van der Waals surface area contributed by atoms with Crippen molar-refractivity contribution >= 4 is 28.6 Å². The largest absolute Gasteiger partial charge is 0.507 e. The van der Waals surface area contributed by atoms with E-state index in [0.717, 1.165) is 24.3 Å². The number of aromatic hydroxyl groups is 5. The summed E-state index contributed by atoms with van der Waals surface area (Å²) in [5, 5.41) is 54.2. The van der Waals surface area contributed by atoms with Gasteiger partial charge >= 0.3 is 0 Å². The number of nitrogens with zero attached hydrogens (tertiary/aromatic N) is 1. The van der Waals surface area contributed by atoms with Gasteiger partial charge in [-0.3, -0.25) is 9.59 Å². The molecule has 0 bridgehead atoms. The number of nitrogens with one attached hydrogen (secondary N) is 1. The monoisotopic (exact) mass is 506 g/mol. The minimum absolute atomic E-state index is 0.0181. The summed E-state index contributed by atoms with van der Waals surface area (Å²) in [5.74, 6) is -3.47. The quantitative estimate of drug-likeness (QED) is 0.0932. The molecule has 0 radical (unpaired) electrons. The third kappa shape index (κ3) is 5.12. The van der Waals surface area contributed by atoms with Crippen molar-refractivity contribution in [2.24, 2.45) is 5.18 Å². The van der Waals surface area contributed by atoms with E-state index in [1.807, 2.05) is 0 Å². The van der Waals surface area contributed by atoms with E-state index in [0.29, 0.717) is 5.56 Å². The summed E-state index contributed by atoms with van der Waals surface area (Å²) in [6.45, 7) is -0.339. The second-order valence-corrected chi connectivity index (χ2v) is 7.63. The zero-order valence-electron chi connectivity index (χ0n) is 18.7. The average Bonchev–Trinajstić information content (AvgIpc) is 2.86. The number of hydrogen-bond acceptors (Lipinski definition) is 11.